The number of cyclic esters (lactones) is 1. The maximum Gasteiger partial charge on any atom is 0.309 e. The number of hydrogen-bond donors (Lipinski definition) is 2. The van der Waals surface area contributed by atoms with E-state index in [0.717, 1.165) is 37.8 Å². The van der Waals surface area contributed by atoms with Crippen molar-refractivity contribution in [3.05, 3.63) is 0 Å². The van der Waals surface area contributed by atoms with Gasteiger partial charge in [0.15, 0.2) is 5.11 Å². The van der Waals surface area contributed by atoms with Crippen LogP contribution in [0.5, 0.6) is 0 Å². The lowest BCUT2D eigenvalue weighted by molar-refractivity contribution is -0.144. The van der Waals surface area contributed by atoms with Crippen molar-refractivity contribution >= 4 is 29.0 Å². The van der Waals surface area contributed by atoms with E-state index in [0.29, 0.717) is 0 Å². The fourth-order valence-electron chi connectivity index (χ4n) is 2.35. The number of hydrazone groups is 1. The quantitative estimate of drug-likeness (QED) is 0.237. The highest BCUT2D eigenvalue weighted by molar-refractivity contribution is 7.80. The zero-order valence-electron chi connectivity index (χ0n) is 12.4. The van der Waals surface area contributed by atoms with Gasteiger partial charge in [-0.3, -0.25) is 10.2 Å². The van der Waals surface area contributed by atoms with E-state index in [9.17, 15) is 4.79 Å². The molecule has 0 saturated carbocycles. The van der Waals surface area contributed by atoms with Crippen molar-refractivity contribution in [3.8, 4) is 0 Å². The first-order valence-electron chi connectivity index (χ1n) is 7.32. The zero-order valence-corrected chi connectivity index (χ0v) is 13.2. The number of thiocarbonyl (C=S) groups is 1. The summed E-state index contributed by atoms with van der Waals surface area (Å²) < 4.78 is 5.42. The van der Waals surface area contributed by atoms with Crippen LogP contribution in [0.15, 0.2) is 5.10 Å². The summed E-state index contributed by atoms with van der Waals surface area (Å²) in [6, 6.07) is 0. The highest BCUT2D eigenvalue weighted by Gasteiger charge is 2.33. The topological polar surface area (TPSA) is 76.7 Å². The van der Waals surface area contributed by atoms with Gasteiger partial charge >= 0.3 is 5.97 Å². The van der Waals surface area contributed by atoms with E-state index in [2.05, 4.69) is 29.7 Å². The van der Waals surface area contributed by atoms with E-state index in [1.54, 1.807) is 0 Å². The third-order valence-corrected chi connectivity index (χ3v) is 3.60. The Morgan fingerprint density at radius 1 is 1.50 bits per heavy atom. The van der Waals surface area contributed by atoms with Crippen LogP contribution in [0, 0.1) is 5.92 Å². The minimum atomic E-state index is -0.0541. The third-order valence-electron chi connectivity index (χ3n) is 3.50. The summed E-state index contributed by atoms with van der Waals surface area (Å²) >= 11 is 4.68. The van der Waals surface area contributed by atoms with Gasteiger partial charge in [-0.25, -0.2) is 0 Å². The van der Waals surface area contributed by atoms with Gasteiger partial charge < -0.3 is 10.5 Å². The Hall–Kier alpha value is -1.17. The molecule has 1 fully saturated rings. The summed E-state index contributed by atoms with van der Waals surface area (Å²) in [5, 5.41) is 4.19. The Labute approximate surface area is 126 Å². The standard InChI is InChI=1S/C14H25N3O2S/c1-3-4-5-6-12-9-11(13(18)19-12)8-7-10(2)16-17-14(15)20/h11-12H,3-9H2,1-2H3,(H3,15,17,20)/b16-10+/t11-,12-/m1/s1. The number of hydrogen-bond acceptors (Lipinski definition) is 4. The molecular weight excluding hydrogens is 274 g/mol. The summed E-state index contributed by atoms with van der Waals surface area (Å²) in [4.78, 5) is 11.8. The second-order valence-electron chi connectivity index (χ2n) is 5.35. The van der Waals surface area contributed by atoms with E-state index < -0.39 is 0 Å². The molecule has 0 bridgehead atoms. The number of carbonyl (C=O) groups is 1. The van der Waals surface area contributed by atoms with E-state index in [-0.39, 0.29) is 23.1 Å². The lowest BCUT2D eigenvalue weighted by atomic mass is 9.96. The Balaban J connectivity index is 2.28. The molecule has 0 radical (unpaired) electrons. The van der Waals surface area contributed by atoms with Crippen LogP contribution in [0.3, 0.4) is 0 Å². The lowest BCUT2D eigenvalue weighted by Gasteiger charge is -2.07. The molecule has 1 saturated heterocycles. The third kappa shape index (κ3) is 6.32. The van der Waals surface area contributed by atoms with Gasteiger partial charge in [-0.2, -0.15) is 5.10 Å². The monoisotopic (exact) mass is 299 g/mol. The van der Waals surface area contributed by atoms with Gasteiger partial charge in [-0.1, -0.05) is 19.8 Å². The molecule has 3 N–H and O–H groups in total. The Kier molecular flexibility index (Phi) is 7.51. The van der Waals surface area contributed by atoms with Crippen LogP contribution < -0.4 is 11.2 Å². The van der Waals surface area contributed by atoms with Crippen molar-refractivity contribution in [2.75, 3.05) is 0 Å². The number of rotatable bonds is 8. The summed E-state index contributed by atoms with van der Waals surface area (Å²) in [6.07, 6.45) is 7.01. The van der Waals surface area contributed by atoms with Gasteiger partial charge in [0.05, 0.1) is 5.92 Å². The summed E-state index contributed by atoms with van der Waals surface area (Å²) in [5.74, 6) is -0.0433. The van der Waals surface area contributed by atoms with Crippen molar-refractivity contribution in [1.82, 2.24) is 5.43 Å². The highest BCUT2D eigenvalue weighted by Crippen LogP contribution is 2.28. The zero-order chi connectivity index (χ0) is 15.0. The molecule has 2 atom stereocenters. The molecule has 1 rings (SSSR count). The number of nitrogens with two attached hydrogens (primary N) is 1. The number of ether oxygens (including phenoxy) is 1. The van der Waals surface area contributed by atoms with E-state index >= 15 is 0 Å². The molecular formula is C14H25N3O2S. The lowest BCUT2D eigenvalue weighted by Crippen LogP contribution is -2.25. The predicted octanol–water partition coefficient (Wildman–Crippen LogP) is 2.49. The maximum atomic E-state index is 11.8. The average Bonchev–Trinajstić information content (AvgIpc) is 2.75. The van der Waals surface area contributed by atoms with Crippen molar-refractivity contribution in [2.24, 2.45) is 16.8 Å². The maximum absolute atomic E-state index is 11.8. The number of nitrogens with one attached hydrogen (secondary N) is 1. The van der Waals surface area contributed by atoms with Crippen molar-refractivity contribution in [3.63, 3.8) is 0 Å². The molecule has 6 heteroatoms. The van der Waals surface area contributed by atoms with Crippen molar-refractivity contribution in [1.29, 1.82) is 0 Å². The molecule has 0 aromatic carbocycles. The number of esters is 1. The van der Waals surface area contributed by atoms with Crippen LogP contribution in [0.2, 0.25) is 0 Å². The summed E-state index contributed by atoms with van der Waals surface area (Å²) in [5.41, 5.74) is 8.74. The fourth-order valence-corrected chi connectivity index (χ4v) is 2.39. The van der Waals surface area contributed by atoms with E-state index in [4.69, 9.17) is 10.5 Å². The number of unbranched alkanes of at least 4 members (excludes halogenated alkanes) is 2. The molecule has 1 aliphatic rings. The molecule has 20 heavy (non-hydrogen) atoms. The predicted molar refractivity (Wildman–Crippen MR) is 84.4 cm³/mol. The van der Waals surface area contributed by atoms with Gasteiger partial charge in [0.25, 0.3) is 0 Å². The molecule has 0 aromatic rings. The molecule has 114 valence electrons. The van der Waals surface area contributed by atoms with Crippen LogP contribution in [0.4, 0.5) is 0 Å². The largest absolute Gasteiger partial charge is 0.462 e. The van der Waals surface area contributed by atoms with Crippen LogP contribution in [-0.2, 0) is 9.53 Å². The minimum Gasteiger partial charge on any atom is -0.462 e. The smallest absolute Gasteiger partial charge is 0.309 e. The molecule has 0 spiro atoms. The Bertz CT molecular complexity index is 371. The molecule has 1 aliphatic heterocycles. The van der Waals surface area contributed by atoms with Crippen molar-refractivity contribution < 1.29 is 9.53 Å². The first-order valence-corrected chi connectivity index (χ1v) is 7.72. The summed E-state index contributed by atoms with van der Waals surface area (Å²) in [6.45, 7) is 4.07. The first kappa shape index (κ1) is 16.9. The number of carbonyl (C=O) groups excluding carboxylic acids is 1. The highest BCUT2D eigenvalue weighted by atomic mass is 32.1. The Morgan fingerprint density at radius 3 is 2.90 bits per heavy atom. The van der Waals surface area contributed by atoms with Gasteiger partial charge in [-0.05, 0) is 51.2 Å². The van der Waals surface area contributed by atoms with Crippen LogP contribution >= 0.6 is 12.2 Å². The molecule has 0 aliphatic carbocycles. The second kappa shape index (κ2) is 8.89. The first-order chi connectivity index (χ1) is 9.52. The van der Waals surface area contributed by atoms with E-state index in [1.165, 1.54) is 12.8 Å². The van der Waals surface area contributed by atoms with Gasteiger partial charge in [0, 0.05) is 5.71 Å². The molecule has 1 heterocycles. The van der Waals surface area contributed by atoms with Crippen LogP contribution in [0.1, 0.15) is 58.8 Å². The second-order valence-corrected chi connectivity index (χ2v) is 5.79. The van der Waals surface area contributed by atoms with Gasteiger partial charge in [0.1, 0.15) is 6.10 Å². The fraction of sp³-hybridized carbons (Fsp3) is 0.786. The van der Waals surface area contributed by atoms with Crippen molar-refractivity contribution in [2.45, 2.75) is 64.9 Å². The molecule has 0 unspecified atom stereocenters. The number of nitrogens with zero attached hydrogens (tertiary/aromatic N) is 1. The van der Waals surface area contributed by atoms with Gasteiger partial charge in [-0.15, -0.1) is 0 Å². The molecule has 5 nitrogen and oxygen atoms in total. The normalized spacial score (nSPS) is 22.7. The van der Waals surface area contributed by atoms with Crippen LogP contribution in [0.25, 0.3) is 0 Å². The molecule has 0 amide bonds. The average molecular weight is 299 g/mol. The van der Waals surface area contributed by atoms with Gasteiger partial charge in [0.2, 0.25) is 0 Å². The summed E-state index contributed by atoms with van der Waals surface area (Å²) in [7, 11) is 0. The van der Waals surface area contributed by atoms with E-state index in [1.807, 2.05) is 6.92 Å². The van der Waals surface area contributed by atoms with Crippen LogP contribution in [-0.4, -0.2) is 22.9 Å². The minimum absolute atomic E-state index is 0.0107. The Morgan fingerprint density at radius 2 is 2.25 bits per heavy atom. The SMILES string of the molecule is CCCCC[C@@H]1C[C@@H](CC/C(C)=N/NC(N)=S)C(=O)O1. The molecule has 0 aromatic heterocycles.